The molecule has 1 aliphatic rings. The maximum Gasteiger partial charge on any atom is 0.314 e. The van der Waals surface area contributed by atoms with E-state index in [9.17, 15) is 4.79 Å². The second-order valence-corrected chi connectivity index (χ2v) is 3.94. The largest absolute Gasteiger partial charge is 0.424 e. The molecule has 0 atom stereocenters. The van der Waals surface area contributed by atoms with Crippen LogP contribution in [0.4, 0.5) is 5.69 Å². The van der Waals surface area contributed by atoms with E-state index in [1.54, 1.807) is 12.1 Å². The predicted molar refractivity (Wildman–Crippen MR) is 58.4 cm³/mol. The van der Waals surface area contributed by atoms with Crippen LogP contribution in [0, 0.1) is 5.92 Å². The zero-order valence-corrected chi connectivity index (χ0v) is 8.61. The fraction of sp³-hybridized carbons (Fsp3) is 0.417. The lowest BCUT2D eigenvalue weighted by Gasteiger charge is -2.10. The number of para-hydroxylation sites is 2. The minimum absolute atomic E-state index is 0.0737. The zero-order chi connectivity index (χ0) is 10.7. The van der Waals surface area contributed by atoms with Gasteiger partial charge >= 0.3 is 5.97 Å². The van der Waals surface area contributed by atoms with E-state index >= 15 is 0 Å². The number of esters is 1. The number of rotatable bonds is 2. The van der Waals surface area contributed by atoms with E-state index < -0.39 is 0 Å². The Kier molecular flexibility index (Phi) is 2.90. The predicted octanol–water partition coefficient (Wildman–Crippen LogP) is 2.36. The van der Waals surface area contributed by atoms with Crippen molar-refractivity contribution in [2.24, 2.45) is 5.92 Å². The van der Waals surface area contributed by atoms with E-state index in [-0.39, 0.29) is 11.9 Å². The second kappa shape index (κ2) is 4.34. The third-order valence-electron chi connectivity index (χ3n) is 2.82. The number of nitrogen functional groups attached to an aromatic ring is 1. The van der Waals surface area contributed by atoms with Gasteiger partial charge in [0.1, 0.15) is 0 Å². The topological polar surface area (TPSA) is 52.3 Å². The molecule has 0 spiro atoms. The summed E-state index contributed by atoms with van der Waals surface area (Å²) in [6.07, 6.45) is 4.16. The first-order chi connectivity index (χ1) is 7.27. The molecular formula is C12H15NO2. The molecule has 0 bridgehead atoms. The Balaban J connectivity index is 2.02. The molecule has 2 rings (SSSR count). The van der Waals surface area contributed by atoms with Crippen molar-refractivity contribution in [2.45, 2.75) is 25.7 Å². The Morgan fingerprint density at radius 3 is 2.60 bits per heavy atom. The van der Waals surface area contributed by atoms with Gasteiger partial charge in [-0.2, -0.15) is 0 Å². The second-order valence-electron chi connectivity index (χ2n) is 3.94. The molecule has 1 aromatic rings. The molecule has 0 amide bonds. The van der Waals surface area contributed by atoms with Crippen molar-refractivity contribution in [3.05, 3.63) is 24.3 Å². The van der Waals surface area contributed by atoms with E-state index in [0.29, 0.717) is 11.4 Å². The first-order valence-electron chi connectivity index (χ1n) is 5.33. The third kappa shape index (κ3) is 2.29. The Morgan fingerprint density at radius 2 is 1.93 bits per heavy atom. The number of ether oxygens (including phenoxy) is 1. The summed E-state index contributed by atoms with van der Waals surface area (Å²) in [5.41, 5.74) is 6.21. The lowest BCUT2D eigenvalue weighted by Crippen LogP contribution is -2.18. The SMILES string of the molecule is Nc1ccccc1OC(=O)C1CCCC1. The van der Waals surface area contributed by atoms with E-state index in [0.717, 1.165) is 25.7 Å². The smallest absolute Gasteiger partial charge is 0.314 e. The van der Waals surface area contributed by atoms with Gasteiger partial charge in [0.2, 0.25) is 0 Å². The van der Waals surface area contributed by atoms with Crippen LogP contribution in [0.2, 0.25) is 0 Å². The zero-order valence-electron chi connectivity index (χ0n) is 8.61. The molecule has 1 fully saturated rings. The Labute approximate surface area is 89.2 Å². The van der Waals surface area contributed by atoms with Gasteiger partial charge in [0, 0.05) is 0 Å². The number of hydrogen-bond donors (Lipinski definition) is 1. The standard InChI is InChI=1S/C12H15NO2/c13-10-7-3-4-8-11(10)15-12(14)9-5-1-2-6-9/h3-4,7-9H,1-2,5-6,13H2. The summed E-state index contributed by atoms with van der Waals surface area (Å²) in [6.45, 7) is 0. The van der Waals surface area contributed by atoms with Gasteiger partial charge in [-0.25, -0.2) is 0 Å². The van der Waals surface area contributed by atoms with Crippen LogP contribution in [0.15, 0.2) is 24.3 Å². The van der Waals surface area contributed by atoms with Gasteiger partial charge in [-0.3, -0.25) is 4.79 Å². The number of hydrogen-bond acceptors (Lipinski definition) is 3. The number of carbonyl (C=O) groups excluding carboxylic acids is 1. The van der Waals surface area contributed by atoms with Gasteiger partial charge in [-0.1, -0.05) is 25.0 Å². The monoisotopic (exact) mass is 205 g/mol. The van der Waals surface area contributed by atoms with Gasteiger partial charge < -0.3 is 10.5 Å². The molecule has 3 heteroatoms. The summed E-state index contributed by atoms with van der Waals surface area (Å²) in [6, 6.07) is 7.09. The van der Waals surface area contributed by atoms with Crippen LogP contribution in [-0.4, -0.2) is 5.97 Å². The molecule has 1 aromatic carbocycles. The molecule has 0 aliphatic heterocycles. The van der Waals surface area contributed by atoms with Crippen molar-refractivity contribution in [3.8, 4) is 5.75 Å². The molecule has 15 heavy (non-hydrogen) atoms. The first kappa shape index (κ1) is 10.0. The summed E-state index contributed by atoms with van der Waals surface area (Å²) >= 11 is 0. The maximum absolute atomic E-state index is 11.7. The number of nitrogens with two attached hydrogens (primary N) is 1. The Hall–Kier alpha value is -1.51. The highest BCUT2D eigenvalue weighted by Crippen LogP contribution is 2.28. The van der Waals surface area contributed by atoms with Crippen LogP contribution in [0.3, 0.4) is 0 Å². The summed E-state index contributed by atoms with van der Waals surface area (Å²) < 4.78 is 5.27. The molecule has 0 saturated heterocycles. The normalized spacial score (nSPS) is 16.5. The highest BCUT2D eigenvalue weighted by Gasteiger charge is 2.24. The fourth-order valence-electron chi connectivity index (χ4n) is 1.93. The number of anilines is 1. The van der Waals surface area contributed by atoms with Gasteiger partial charge in [0.05, 0.1) is 11.6 Å². The fourth-order valence-corrected chi connectivity index (χ4v) is 1.93. The van der Waals surface area contributed by atoms with Gasteiger partial charge in [0.25, 0.3) is 0 Å². The molecule has 80 valence electrons. The van der Waals surface area contributed by atoms with Crippen molar-refractivity contribution in [2.75, 3.05) is 5.73 Å². The number of benzene rings is 1. The summed E-state index contributed by atoms with van der Waals surface area (Å²) in [5.74, 6) is 0.421. The highest BCUT2D eigenvalue weighted by molar-refractivity contribution is 5.77. The molecular weight excluding hydrogens is 190 g/mol. The van der Waals surface area contributed by atoms with Gasteiger partial charge in [-0.15, -0.1) is 0 Å². The van der Waals surface area contributed by atoms with Gasteiger partial charge in [-0.05, 0) is 25.0 Å². The molecule has 0 radical (unpaired) electrons. The van der Waals surface area contributed by atoms with E-state index in [1.165, 1.54) is 0 Å². The average molecular weight is 205 g/mol. The van der Waals surface area contributed by atoms with E-state index in [4.69, 9.17) is 10.5 Å². The van der Waals surface area contributed by atoms with Gasteiger partial charge in [0.15, 0.2) is 5.75 Å². The van der Waals surface area contributed by atoms with Crippen molar-refractivity contribution in [3.63, 3.8) is 0 Å². The molecule has 0 aromatic heterocycles. The summed E-state index contributed by atoms with van der Waals surface area (Å²) in [5, 5.41) is 0. The highest BCUT2D eigenvalue weighted by atomic mass is 16.5. The summed E-state index contributed by atoms with van der Waals surface area (Å²) in [7, 11) is 0. The Bertz CT molecular complexity index is 356. The molecule has 2 N–H and O–H groups in total. The molecule has 1 saturated carbocycles. The van der Waals surface area contributed by atoms with Crippen molar-refractivity contribution >= 4 is 11.7 Å². The lowest BCUT2D eigenvalue weighted by molar-refractivity contribution is -0.138. The Morgan fingerprint density at radius 1 is 1.27 bits per heavy atom. The molecule has 1 aliphatic carbocycles. The molecule has 3 nitrogen and oxygen atoms in total. The van der Waals surface area contributed by atoms with Crippen LogP contribution < -0.4 is 10.5 Å². The first-order valence-corrected chi connectivity index (χ1v) is 5.33. The quantitative estimate of drug-likeness (QED) is 0.458. The minimum Gasteiger partial charge on any atom is -0.424 e. The third-order valence-corrected chi connectivity index (χ3v) is 2.82. The number of carbonyl (C=O) groups is 1. The van der Waals surface area contributed by atoms with E-state index in [2.05, 4.69) is 0 Å². The summed E-state index contributed by atoms with van der Waals surface area (Å²) in [4.78, 5) is 11.7. The molecule has 0 heterocycles. The van der Waals surface area contributed by atoms with E-state index in [1.807, 2.05) is 12.1 Å². The van der Waals surface area contributed by atoms with Crippen molar-refractivity contribution in [1.82, 2.24) is 0 Å². The van der Waals surface area contributed by atoms with Crippen molar-refractivity contribution < 1.29 is 9.53 Å². The maximum atomic E-state index is 11.7. The minimum atomic E-state index is -0.134. The lowest BCUT2D eigenvalue weighted by atomic mass is 10.1. The van der Waals surface area contributed by atoms with Crippen LogP contribution in [-0.2, 0) is 4.79 Å². The van der Waals surface area contributed by atoms with Crippen LogP contribution >= 0.6 is 0 Å². The average Bonchev–Trinajstić information content (AvgIpc) is 2.74. The van der Waals surface area contributed by atoms with Crippen molar-refractivity contribution in [1.29, 1.82) is 0 Å². The van der Waals surface area contributed by atoms with Crippen LogP contribution in [0.25, 0.3) is 0 Å². The van der Waals surface area contributed by atoms with Crippen LogP contribution in [0.5, 0.6) is 5.75 Å². The van der Waals surface area contributed by atoms with Crippen LogP contribution in [0.1, 0.15) is 25.7 Å². The molecule has 0 unspecified atom stereocenters.